The number of aromatic nitrogens is 2. The van der Waals surface area contributed by atoms with Gasteiger partial charge in [-0.05, 0) is 0 Å². The van der Waals surface area contributed by atoms with Gasteiger partial charge < -0.3 is 20.1 Å². The molecule has 0 saturated carbocycles. The van der Waals surface area contributed by atoms with E-state index in [0.29, 0.717) is 25.5 Å². The van der Waals surface area contributed by atoms with Gasteiger partial charge >= 0.3 is 5.97 Å². The smallest absolute Gasteiger partial charge is 0.326 e. The van der Waals surface area contributed by atoms with E-state index in [2.05, 4.69) is 4.98 Å². The van der Waals surface area contributed by atoms with Crippen molar-refractivity contribution < 1.29 is 14.6 Å². The molecule has 6 nitrogen and oxygen atoms in total. The van der Waals surface area contributed by atoms with Crippen LogP contribution in [0.1, 0.15) is 17.6 Å². The summed E-state index contributed by atoms with van der Waals surface area (Å²) in [5.41, 5.74) is 6.04. The van der Waals surface area contributed by atoms with Crippen LogP contribution < -0.4 is 5.73 Å². The summed E-state index contributed by atoms with van der Waals surface area (Å²) >= 11 is 0. The van der Waals surface area contributed by atoms with E-state index in [1.54, 1.807) is 0 Å². The SMILES string of the molecule is NC(C(=O)O)c1cnc2n1CCOC2. The first-order valence-electron chi connectivity index (χ1n) is 4.30. The monoisotopic (exact) mass is 197 g/mol. The largest absolute Gasteiger partial charge is 0.480 e. The highest BCUT2D eigenvalue weighted by atomic mass is 16.5. The number of ether oxygens (including phenoxy) is 1. The second-order valence-corrected chi connectivity index (χ2v) is 3.12. The highest BCUT2D eigenvalue weighted by Crippen LogP contribution is 2.16. The molecule has 1 unspecified atom stereocenters. The number of hydrogen-bond acceptors (Lipinski definition) is 4. The van der Waals surface area contributed by atoms with E-state index >= 15 is 0 Å². The van der Waals surface area contributed by atoms with E-state index in [1.165, 1.54) is 6.20 Å². The van der Waals surface area contributed by atoms with Crippen LogP contribution in [0.3, 0.4) is 0 Å². The van der Waals surface area contributed by atoms with Crippen molar-refractivity contribution in [1.82, 2.24) is 9.55 Å². The first-order chi connectivity index (χ1) is 6.70. The molecular weight excluding hydrogens is 186 g/mol. The summed E-state index contributed by atoms with van der Waals surface area (Å²) in [6, 6.07) is -1.01. The molecule has 0 saturated heterocycles. The molecule has 2 rings (SSSR count). The number of hydrogen-bond donors (Lipinski definition) is 2. The third kappa shape index (κ3) is 1.38. The van der Waals surface area contributed by atoms with Gasteiger partial charge in [0.25, 0.3) is 0 Å². The summed E-state index contributed by atoms with van der Waals surface area (Å²) in [6.45, 7) is 1.61. The topological polar surface area (TPSA) is 90.4 Å². The Morgan fingerprint density at radius 3 is 3.29 bits per heavy atom. The molecule has 6 heteroatoms. The predicted molar refractivity (Wildman–Crippen MR) is 46.4 cm³/mol. The van der Waals surface area contributed by atoms with Gasteiger partial charge in [-0.25, -0.2) is 4.98 Å². The fourth-order valence-electron chi connectivity index (χ4n) is 1.50. The fourth-order valence-corrected chi connectivity index (χ4v) is 1.50. The fraction of sp³-hybridized carbons (Fsp3) is 0.500. The van der Waals surface area contributed by atoms with Crippen LogP contribution in [0.15, 0.2) is 6.20 Å². The van der Waals surface area contributed by atoms with E-state index in [0.717, 1.165) is 5.82 Å². The van der Waals surface area contributed by atoms with Gasteiger partial charge in [-0.2, -0.15) is 0 Å². The van der Waals surface area contributed by atoms with E-state index in [1.807, 2.05) is 4.57 Å². The van der Waals surface area contributed by atoms with Gasteiger partial charge in [0.2, 0.25) is 0 Å². The van der Waals surface area contributed by atoms with Crippen molar-refractivity contribution in [3.63, 3.8) is 0 Å². The first kappa shape index (κ1) is 9.17. The van der Waals surface area contributed by atoms with E-state index in [4.69, 9.17) is 15.6 Å². The number of carbonyl (C=O) groups is 1. The molecule has 0 amide bonds. The van der Waals surface area contributed by atoms with Crippen LogP contribution in [-0.2, 0) is 22.7 Å². The maximum atomic E-state index is 10.7. The number of rotatable bonds is 2. The summed E-state index contributed by atoms with van der Waals surface area (Å²) < 4.78 is 6.99. The lowest BCUT2D eigenvalue weighted by molar-refractivity contribution is -0.138. The van der Waals surface area contributed by atoms with E-state index in [9.17, 15) is 4.79 Å². The third-order valence-corrected chi connectivity index (χ3v) is 2.24. The van der Waals surface area contributed by atoms with Crippen molar-refractivity contribution in [2.45, 2.75) is 19.2 Å². The van der Waals surface area contributed by atoms with Crippen LogP contribution in [-0.4, -0.2) is 27.2 Å². The van der Waals surface area contributed by atoms with Crippen LogP contribution >= 0.6 is 0 Å². The Hall–Kier alpha value is -1.40. The minimum absolute atomic E-state index is 0.423. The van der Waals surface area contributed by atoms with Crippen LogP contribution in [0.25, 0.3) is 0 Å². The molecule has 1 atom stereocenters. The molecule has 3 N–H and O–H groups in total. The number of fused-ring (bicyclic) bond motifs is 1. The molecular formula is C8H11N3O3. The Morgan fingerprint density at radius 2 is 2.57 bits per heavy atom. The Balaban J connectivity index is 2.34. The lowest BCUT2D eigenvalue weighted by atomic mass is 10.2. The Morgan fingerprint density at radius 1 is 1.79 bits per heavy atom. The Bertz CT molecular complexity index is 361. The minimum atomic E-state index is -1.04. The van der Waals surface area contributed by atoms with Crippen molar-refractivity contribution >= 4 is 5.97 Å². The summed E-state index contributed by atoms with van der Waals surface area (Å²) in [4.78, 5) is 14.7. The molecule has 0 aliphatic carbocycles. The van der Waals surface area contributed by atoms with Gasteiger partial charge in [-0.1, -0.05) is 0 Å². The second-order valence-electron chi connectivity index (χ2n) is 3.12. The molecule has 1 aromatic rings. The molecule has 0 spiro atoms. The van der Waals surface area contributed by atoms with Gasteiger partial charge in [0.15, 0.2) is 0 Å². The lowest BCUT2D eigenvalue weighted by Gasteiger charge is -2.18. The normalized spacial score (nSPS) is 17.5. The number of nitrogens with zero attached hydrogens (tertiary/aromatic N) is 2. The van der Waals surface area contributed by atoms with Crippen molar-refractivity contribution in [3.8, 4) is 0 Å². The predicted octanol–water partition coefficient (Wildman–Crippen LogP) is -0.502. The number of carboxylic acid groups (broad SMARTS) is 1. The van der Waals surface area contributed by atoms with Crippen molar-refractivity contribution in [3.05, 3.63) is 17.7 Å². The zero-order valence-corrected chi connectivity index (χ0v) is 7.51. The van der Waals surface area contributed by atoms with Crippen molar-refractivity contribution in [2.24, 2.45) is 5.73 Å². The highest BCUT2D eigenvalue weighted by molar-refractivity contribution is 5.74. The minimum Gasteiger partial charge on any atom is -0.480 e. The molecule has 0 fully saturated rings. The van der Waals surface area contributed by atoms with E-state index in [-0.39, 0.29) is 0 Å². The molecule has 14 heavy (non-hydrogen) atoms. The van der Waals surface area contributed by atoms with Crippen LogP contribution in [0, 0.1) is 0 Å². The summed E-state index contributed by atoms with van der Waals surface area (Å²) in [6.07, 6.45) is 1.50. The number of imidazole rings is 1. The van der Waals surface area contributed by atoms with Gasteiger partial charge in [0, 0.05) is 6.54 Å². The van der Waals surface area contributed by atoms with Crippen molar-refractivity contribution in [2.75, 3.05) is 6.61 Å². The maximum Gasteiger partial charge on any atom is 0.326 e. The average Bonchev–Trinajstić information content (AvgIpc) is 2.60. The molecule has 0 bridgehead atoms. The highest BCUT2D eigenvalue weighted by Gasteiger charge is 2.22. The van der Waals surface area contributed by atoms with Gasteiger partial charge in [0.1, 0.15) is 18.5 Å². The second kappa shape index (κ2) is 3.39. The Labute approximate surface area is 80.3 Å². The average molecular weight is 197 g/mol. The van der Waals surface area contributed by atoms with Gasteiger partial charge in [0.05, 0.1) is 18.5 Å². The van der Waals surface area contributed by atoms with Crippen molar-refractivity contribution in [1.29, 1.82) is 0 Å². The number of carboxylic acids is 1. The standard InChI is InChI=1S/C8H11N3O3/c9-7(8(12)13)5-3-10-6-4-14-2-1-11(5)6/h3,7H,1-2,4,9H2,(H,12,13). The maximum absolute atomic E-state index is 10.7. The summed E-state index contributed by atoms with van der Waals surface area (Å²) in [5.74, 6) is -0.304. The number of nitrogens with two attached hydrogens (primary N) is 1. The first-order valence-corrected chi connectivity index (χ1v) is 4.30. The molecule has 76 valence electrons. The molecule has 2 heterocycles. The zero-order valence-electron chi connectivity index (χ0n) is 7.51. The van der Waals surface area contributed by atoms with Crippen LogP contribution in [0.4, 0.5) is 0 Å². The molecule has 1 aliphatic rings. The Kier molecular flexibility index (Phi) is 2.22. The van der Waals surface area contributed by atoms with Gasteiger partial charge in [-0.15, -0.1) is 0 Å². The van der Waals surface area contributed by atoms with Crippen LogP contribution in [0.5, 0.6) is 0 Å². The molecule has 0 aromatic carbocycles. The molecule has 1 aliphatic heterocycles. The quantitative estimate of drug-likeness (QED) is 0.666. The third-order valence-electron chi connectivity index (χ3n) is 2.24. The van der Waals surface area contributed by atoms with Gasteiger partial charge in [-0.3, -0.25) is 4.79 Å². The van der Waals surface area contributed by atoms with Crippen LogP contribution in [0.2, 0.25) is 0 Å². The number of aliphatic carboxylic acids is 1. The zero-order chi connectivity index (χ0) is 10.1. The molecule has 0 radical (unpaired) electrons. The summed E-state index contributed by atoms with van der Waals surface area (Å²) in [5, 5.41) is 8.76. The van der Waals surface area contributed by atoms with E-state index < -0.39 is 12.0 Å². The molecule has 1 aromatic heterocycles. The summed E-state index contributed by atoms with van der Waals surface area (Å²) in [7, 11) is 0. The lowest BCUT2D eigenvalue weighted by Crippen LogP contribution is -2.27.